The summed E-state index contributed by atoms with van der Waals surface area (Å²) >= 11 is 0. The van der Waals surface area contributed by atoms with Crippen molar-refractivity contribution in [2.24, 2.45) is 5.92 Å². The summed E-state index contributed by atoms with van der Waals surface area (Å²) in [5, 5.41) is 19.2. The van der Waals surface area contributed by atoms with Crippen molar-refractivity contribution < 1.29 is 15.0 Å². The second kappa shape index (κ2) is 9.57. The highest BCUT2D eigenvalue weighted by molar-refractivity contribution is 5.91. The Morgan fingerprint density at radius 2 is 2.00 bits per heavy atom. The Balaban J connectivity index is 1.77. The largest absolute Gasteiger partial charge is 0.395 e. The lowest BCUT2D eigenvalue weighted by Gasteiger charge is -2.35. The number of aliphatic hydroxyl groups excluding tert-OH is 2. The molecule has 5 heteroatoms. The number of benzene rings is 1. The highest BCUT2D eigenvalue weighted by Gasteiger charge is 2.27. The van der Waals surface area contributed by atoms with Crippen molar-refractivity contribution >= 4 is 12.0 Å². The van der Waals surface area contributed by atoms with E-state index in [0.717, 1.165) is 18.4 Å². The van der Waals surface area contributed by atoms with E-state index in [1.807, 2.05) is 53.3 Å². The maximum atomic E-state index is 12.3. The van der Waals surface area contributed by atoms with Crippen LogP contribution in [0.1, 0.15) is 18.4 Å². The van der Waals surface area contributed by atoms with Crippen molar-refractivity contribution in [3.05, 3.63) is 42.0 Å². The minimum atomic E-state index is -0.404. The minimum Gasteiger partial charge on any atom is -0.395 e. The molecular formula is C19H28N2O3. The van der Waals surface area contributed by atoms with Crippen LogP contribution >= 0.6 is 0 Å². The molecule has 1 heterocycles. The van der Waals surface area contributed by atoms with E-state index in [1.165, 1.54) is 0 Å². The molecule has 0 spiro atoms. The van der Waals surface area contributed by atoms with Gasteiger partial charge in [-0.3, -0.25) is 4.79 Å². The van der Waals surface area contributed by atoms with Gasteiger partial charge >= 0.3 is 0 Å². The van der Waals surface area contributed by atoms with Crippen LogP contribution in [0, 0.1) is 5.92 Å². The van der Waals surface area contributed by atoms with Crippen LogP contribution in [0.25, 0.3) is 6.08 Å². The van der Waals surface area contributed by atoms with E-state index in [-0.39, 0.29) is 18.4 Å². The fourth-order valence-electron chi connectivity index (χ4n) is 3.07. The average Bonchev–Trinajstić information content (AvgIpc) is 2.61. The molecule has 1 aromatic carbocycles. The Bertz CT molecular complexity index is 525. The van der Waals surface area contributed by atoms with Crippen molar-refractivity contribution in [1.82, 2.24) is 9.80 Å². The zero-order valence-corrected chi connectivity index (χ0v) is 14.3. The van der Waals surface area contributed by atoms with Crippen LogP contribution in [0.3, 0.4) is 0 Å². The van der Waals surface area contributed by atoms with Crippen LogP contribution < -0.4 is 0 Å². The molecule has 1 amide bonds. The number of nitrogens with zero attached hydrogens (tertiary/aromatic N) is 2. The van der Waals surface area contributed by atoms with Gasteiger partial charge in [0, 0.05) is 32.3 Å². The Labute approximate surface area is 144 Å². The van der Waals surface area contributed by atoms with E-state index >= 15 is 0 Å². The third-order valence-corrected chi connectivity index (χ3v) is 4.59. The predicted molar refractivity (Wildman–Crippen MR) is 95.4 cm³/mol. The van der Waals surface area contributed by atoms with Gasteiger partial charge < -0.3 is 20.0 Å². The quantitative estimate of drug-likeness (QED) is 0.737. The van der Waals surface area contributed by atoms with Gasteiger partial charge in [0.25, 0.3) is 0 Å². The van der Waals surface area contributed by atoms with Crippen LogP contribution in [0.2, 0.25) is 0 Å². The van der Waals surface area contributed by atoms with Gasteiger partial charge in [-0.1, -0.05) is 30.3 Å². The molecule has 0 saturated carbocycles. The number of hydrogen-bond donors (Lipinski definition) is 2. The smallest absolute Gasteiger partial charge is 0.246 e. The van der Waals surface area contributed by atoms with Gasteiger partial charge in [0.2, 0.25) is 5.91 Å². The molecule has 1 aromatic rings. The van der Waals surface area contributed by atoms with E-state index in [1.54, 1.807) is 6.08 Å². The molecule has 1 fully saturated rings. The lowest BCUT2D eigenvalue weighted by atomic mass is 9.91. The summed E-state index contributed by atoms with van der Waals surface area (Å²) in [6.07, 6.45) is 4.70. The molecule has 1 aliphatic rings. The third kappa shape index (κ3) is 5.74. The van der Waals surface area contributed by atoms with Crippen LogP contribution in [0.5, 0.6) is 0 Å². The van der Waals surface area contributed by atoms with Crippen LogP contribution in [-0.4, -0.2) is 71.9 Å². The lowest BCUT2D eigenvalue weighted by molar-refractivity contribution is -0.128. The number of amides is 1. The van der Waals surface area contributed by atoms with E-state index in [0.29, 0.717) is 26.2 Å². The normalized spacial score (nSPS) is 17.6. The number of likely N-dealkylation sites (N-methyl/N-ethyl adjacent to an activating group) is 1. The molecule has 132 valence electrons. The van der Waals surface area contributed by atoms with Gasteiger partial charge in [-0.05, 0) is 37.4 Å². The number of piperidine rings is 1. The first-order chi connectivity index (χ1) is 11.6. The van der Waals surface area contributed by atoms with Crippen molar-refractivity contribution in [2.45, 2.75) is 18.9 Å². The lowest BCUT2D eigenvalue weighted by Crippen LogP contribution is -2.43. The number of carbonyl (C=O) groups is 1. The van der Waals surface area contributed by atoms with E-state index in [4.69, 9.17) is 5.11 Å². The standard InChI is InChI=1S/C19H28N2O3/c1-20(13-14-22)15-18(23)17-9-11-21(12-10-17)19(24)8-7-16-5-3-2-4-6-16/h2-8,17-18,22-23H,9-15H2,1H3/b8-7+. The predicted octanol–water partition coefficient (Wildman–Crippen LogP) is 1.22. The molecule has 1 saturated heterocycles. The molecule has 1 aliphatic heterocycles. The highest BCUT2D eigenvalue weighted by atomic mass is 16.3. The number of carbonyl (C=O) groups excluding carboxylic acids is 1. The van der Waals surface area contributed by atoms with Gasteiger partial charge in [-0.25, -0.2) is 0 Å². The highest BCUT2D eigenvalue weighted by Crippen LogP contribution is 2.21. The number of aliphatic hydroxyl groups is 2. The first-order valence-electron chi connectivity index (χ1n) is 8.59. The average molecular weight is 332 g/mol. The molecule has 0 aliphatic carbocycles. The zero-order valence-electron chi connectivity index (χ0n) is 14.3. The van der Waals surface area contributed by atoms with Crippen LogP contribution in [0.4, 0.5) is 0 Å². The molecule has 0 radical (unpaired) electrons. The van der Waals surface area contributed by atoms with Crippen molar-refractivity contribution in [2.75, 3.05) is 39.8 Å². The second-order valence-electron chi connectivity index (χ2n) is 6.46. The first kappa shape index (κ1) is 18.6. The summed E-state index contributed by atoms with van der Waals surface area (Å²) < 4.78 is 0. The van der Waals surface area contributed by atoms with Crippen molar-refractivity contribution in [3.63, 3.8) is 0 Å². The zero-order chi connectivity index (χ0) is 17.4. The Morgan fingerprint density at radius 1 is 1.33 bits per heavy atom. The second-order valence-corrected chi connectivity index (χ2v) is 6.46. The van der Waals surface area contributed by atoms with Gasteiger partial charge in [-0.2, -0.15) is 0 Å². The summed E-state index contributed by atoms with van der Waals surface area (Å²) in [7, 11) is 1.90. The van der Waals surface area contributed by atoms with Crippen molar-refractivity contribution in [3.8, 4) is 0 Å². The number of hydrogen-bond acceptors (Lipinski definition) is 4. The van der Waals surface area contributed by atoms with Gasteiger partial charge in [-0.15, -0.1) is 0 Å². The fourth-order valence-corrected chi connectivity index (χ4v) is 3.07. The maximum absolute atomic E-state index is 12.3. The van der Waals surface area contributed by atoms with Gasteiger partial charge in [0.15, 0.2) is 0 Å². The molecule has 0 bridgehead atoms. The Kier molecular flexibility index (Phi) is 7.43. The molecule has 2 N–H and O–H groups in total. The van der Waals surface area contributed by atoms with Crippen LogP contribution in [-0.2, 0) is 4.79 Å². The van der Waals surface area contributed by atoms with E-state index < -0.39 is 6.10 Å². The third-order valence-electron chi connectivity index (χ3n) is 4.59. The van der Waals surface area contributed by atoms with Crippen LogP contribution in [0.15, 0.2) is 36.4 Å². The molecule has 24 heavy (non-hydrogen) atoms. The fraction of sp³-hybridized carbons (Fsp3) is 0.526. The summed E-state index contributed by atoms with van der Waals surface area (Å²) in [4.78, 5) is 16.0. The monoisotopic (exact) mass is 332 g/mol. The molecule has 5 nitrogen and oxygen atoms in total. The molecule has 0 aromatic heterocycles. The Morgan fingerprint density at radius 3 is 2.62 bits per heavy atom. The van der Waals surface area contributed by atoms with E-state index in [9.17, 15) is 9.90 Å². The summed E-state index contributed by atoms with van der Waals surface area (Å²) in [5.74, 6) is 0.248. The summed E-state index contributed by atoms with van der Waals surface area (Å²) in [6, 6.07) is 9.79. The van der Waals surface area contributed by atoms with Gasteiger partial charge in [0.05, 0.1) is 12.7 Å². The number of rotatable bonds is 7. The van der Waals surface area contributed by atoms with E-state index in [2.05, 4.69) is 0 Å². The molecule has 1 atom stereocenters. The maximum Gasteiger partial charge on any atom is 0.246 e. The minimum absolute atomic E-state index is 0.0317. The molecule has 1 unspecified atom stereocenters. The topological polar surface area (TPSA) is 64.0 Å². The summed E-state index contributed by atoms with van der Waals surface area (Å²) in [5.41, 5.74) is 1.02. The SMILES string of the molecule is CN(CCO)CC(O)C1CCN(C(=O)/C=C/c2ccccc2)CC1. The summed E-state index contributed by atoms with van der Waals surface area (Å²) in [6.45, 7) is 2.60. The number of likely N-dealkylation sites (tertiary alicyclic amines) is 1. The Hall–Kier alpha value is -1.69. The molecule has 2 rings (SSSR count). The van der Waals surface area contributed by atoms with Gasteiger partial charge in [0.1, 0.15) is 0 Å². The first-order valence-corrected chi connectivity index (χ1v) is 8.59. The molecular weight excluding hydrogens is 304 g/mol. The van der Waals surface area contributed by atoms with Crippen molar-refractivity contribution in [1.29, 1.82) is 0 Å².